The minimum absolute atomic E-state index is 0.242. The molecule has 4 N–H and O–H groups in total. The second-order valence-electron chi connectivity index (χ2n) is 8.28. The number of aromatic amines is 1. The third-order valence-electron chi connectivity index (χ3n) is 5.99. The Bertz CT molecular complexity index is 1030. The van der Waals surface area contributed by atoms with Crippen LogP contribution in [0.25, 0.3) is 10.9 Å². The van der Waals surface area contributed by atoms with Crippen molar-refractivity contribution in [2.45, 2.75) is 56.1 Å². The van der Waals surface area contributed by atoms with Crippen LogP contribution in [-0.4, -0.2) is 58.2 Å². The number of rotatable bonds is 4. The van der Waals surface area contributed by atoms with Crippen molar-refractivity contribution in [1.29, 1.82) is 0 Å². The maximum absolute atomic E-state index is 13.4. The van der Waals surface area contributed by atoms with Gasteiger partial charge in [0.25, 0.3) is 0 Å². The SMILES string of the molecule is CC1CNC(S(=O)(=O)NC2(C)CC2)C(C)(c2cccc3[nH]ncc23)N1C(=O)O. The Kier molecular flexibility index (Phi) is 4.22. The third kappa shape index (κ3) is 2.87. The third-order valence-corrected chi connectivity index (χ3v) is 8.01. The predicted molar refractivity (Wildman–Crippen MR) is 104 cm³/mol. The highest BCUT2D eigenvalue weighted by Gasteiger charge is 2.56. The Balaban J connectivity index is 1.92. The van der Waals surface area contributed by atoms with Gasteiger partial charge in [0.05, 0.1) is 11.7 Å². The molecule has 4 rings (SSSR count). The summed E-state index contributed by atoms with van der Waals surface area (Å²) < 4.78 is 29.5. The normalized spacial score (nSPS) is 29.8. The Hall–Kier alpha value is -2.17. The molecule has 0 bridgehead atoms. The van der Waals surface area contributed by atoms with Crippen molar-refractivity contribution in [2.75, 3.05) is 6.54 Å². The number of fused-ring (bicyclic) bond motifs is 1. The molecule has 3 atom stereocenters. The lowest BCUT2D eigenvalue weighted by molar-refractivity contribution is 0.0248. The topological polar surface area (TPSA) is 127 Å². The van der Waals surface area contributed by atoms with Gasteiger partial charge in [0.2, 0.25) is 10.0 Å². The number of H-pyrrole nitrogens is 1. The van der Waals surface area contributed by atoms with Crippen molar-refractivity contribution in [3.8, 4) is 0 Å². The van der Waals surface area contributed by atoms with Gasteiger partial charge in [-0.1, -0.05) is 12.1 Å². The molecule has 0 spiro atoms. The first-order valence-electron chi connectivity index (χ1n) is 9.29. The summed E-state index contributed by atoms with van der Waals surface area (Å²) in [6, 6.07) is 4.97. The lowest BCUT2D eigenvalue weighted by atomic mass is 9.84. The Labute approximate surface area is 163 Å². The van der Waals surface area contributed by atoms with E-state index in [1.807, 2.05) is 13.0 Å². The maximum Gasteiger partial charge on any atom is 0.408 e. The quantitative estimate of drug-likeness (QED) is 0.609. The monoisotopic (exact) mass is 407 g/mol. The van der Waals surface area contributed by atoms with Gasteiger partial charge in [0.15, 0.2) is 5.37 Å². The summed E-state index contributed by atoms with van der Waals surface area (Å²) in [5, 5.41) is 19.6. The summed E-state index contributed by atoms with van der Waals surface area (Å²) >= 11 is 0. The van der Waals surface area contributed by atoms with Crippen molar-refractivity contribution >= 4 is 27.0 Å². The molecule has 1 aromatic carbocycles. The van der Waals surface area contributed by atoms with Crippen LogP contribution >= 0.6 is 0 Å². The smallest absolute Gasteiger partial charge is 0.408 e. The Morgan fingerprint density at radius 2 is 2.07 bits per heavy atom. The molecule has 0 radical (unpaired) electrons. The molecular formula is C18H25N5O4S. The highest BCUT2D eigenvalue weighted by atomic mass is 32.2. The van der Waals surface area contributed by atoms with E-state index in [4.69, 9.17) is 0 Å². The first kappa shape index (κ1) is 19.2. The maximum atomic E-state index is 13.4. The van der Waals surface area contributed by atoms with E-state index in [0.717, 1.165) is 18.4 Å². The molecule has 2 fully saturated rings. The van der Waals surface area contributed by atoms with E-state index < -0.39 is 38.6 Å². The van der Waals surface area contributed by atoms with Crippen LogP contribution in [0.1, 0.15) is 39.2 Å². The summed E-state index contributed by atoms with van der Waals surface area (Å²) in [6.45, 7) is 5.54. The van der Waals surface area contributed by atoms with E-state index in [1.165, 1.54) is 4.90 Å². The van der Waals surface area contributed by atoms with Crippen LogP contribution in [0.5, 0.6) is 0 Å². The number of nitrogens with zero attached hydrogens (tertiary/aromatic N) is 2. The van der Waals surface area contributed by atoms with Crippen LogP contribution in [-0.2, 0) is 15.6 Å². The summed E-state index contributed by atoms with van der Waals surface area (Å²) in [5.41, 5.74) is -0.499. The van der Waals surface area contributed by atoms with Crippen molar-refractivity contribution in [3.05, 3.63) is 30.0 Å². The summed E-state index contributed by atoms with van der Waals surface area (Å²) in [6.07, 6.45) is 1.99. The van der Waals surface area contributed by atoms with Crippen LogP contribution in [0.15, 0.2) is 24.4 Å². The number of hydrogen-bond donors (Lipinski definition) is 4. The molecule has 1 saturated carbocycles. The highest BCUT2D eigenvalue weighted by molar-refractivity contribution is 7.90. The largest absolute Gasteiger partial charge is 0.465 e. The van der Waals surface area contributed by atoms with Crippen molar-refractivity contribution in [3.63, 3.8) is 0 Å². The van der Waals surface area contributed by atoms with E-state index in [-0.39, 0.29) is 6.54 Å². The molecule has 2 aliphatic rings. The lowest BCUT2D eigenvalue weighted by Crippen LogP contribution is -2.71. The number of amides is 1. The molecule has 1 saturated heterocycles. The van der Waals surface area contributed by atoms with Crippen LogP contribution in [0.3, 0.4) is 0 Å². The summed E-state index contributed by atoms with van der Waals surface area (Å²) in [4.78, 5) is 13.5. The van der Waals surface area contributed by atoms with Gasteiger partial charge in [-0.2, -0.15) is 5.10 Å². The molecule has 10 heteroatoms. The minimum Gasteiger partial charge on any atom is -0.465 e. The van der Waals surface area contributed by atoms with Gasteiger partial charge in [0, 0.05) is 23.5 Å². The molecule has 1 aliphatic heterocycles. The van der Waals surface area contributed by atoms with Gasteiger partial charge < -0.3 is 5.11 Å². The van der Waals surface area contributed by atoms with Gasteiger partial charge in [0.1, 0.15) is 5.54 Å². The second kappa shape index (κ2) is 6.16. The van der Waals surface area contributed by atoms with E-state index in [9.17, 15) is 18.3 Å². The van der Waals surface area contributed by atoms with Gasteiger partial charge in [-0.05, 0) is 45.2 Å². The standard InChI is InChI=1S/C18H25N5O4S/c1-11-9-19-15(28(26,27)22-17(2)7-8-17)18(3,23(11)16(24)25)13-5-4-6-14-12(13)10-20-21-14/h4-6,10-11,15,19,22H,7-9H2,1-3H3,(H,20,21)(H,24,25). The number of benzene rings is 1. The van der Waals surface area contributed by atoms with Gasteiger partial charge in [-0.25, -0.2) is 17.9 Å². The first-order chi connectivity index (χ1) is 13.1. The fourth-order valence-corrected chi connectivity index (χ4v) is 6.49. The van der Waals surface area contributed by atoms with Gasteiger partial charge >= 0.3 is 6.09 Å². The average molecular weight is 407 g/mol. The lowest BCUT2D eigenvalue weighted by Gasteiger charge is -2.52. The number of hydrogen-bond acceptors (Lipinski definition) is 5. The molecule has 28 heavy (non-hydrogen) atoms. The molecule has 1 aromatic heterocycles. The summed E-state index contributed by atoms with van der Waals surface area (Å²) in [5.74, 6) is 0. The Morgan fingerprint density at radius 3 is 2.71 bits per heavy atom. The van der Waals surface area contributed by atoms with E-state index in [1.54, 1.807) is 32.2 Å². The molecule has 1 aliphatic carbocycles. The van der Waals surface area contributed by atoms with Crippen LogP contribution < -0.4 is 10.0 Å². The fourth-order valence-electron chi connectivity index (χ4n) is 4.32. The zero-order valence-corrected chi connectivity index (χ0v) is 16.9. The molecule has 152 valence electrons. The predicted octanol–water partition coefficient (Wildman–Crippen LogP) is 1.55. The number of nitrogens with one attached hydrogen (secondary N) is 3. The van der Waals surface area contributed by atoms with E-state index in [0.29, 0.717) is 10.9 Å². The van der Waals surface area contributed by atoms with Gasteiger partial charge in [-0.3, -0.25) is 15.3 Å². The number of carboxylic acid groups (broad SMARTS) is 1. The van der Waals surface area contributed by atoms with Gasteiger partial charge in [-0.15, -0.1) is 0 Å². The number of carbonyl (C=O) groups is 1. The fraction of sp³-hybridized carbons (Fsp3) is 0.556. The van der Waals surface area contributed by atoms with Crippen LogP contribution in [0, 0.1) is 0 Å². The average Bonchev–Trinajstić information content (AvgIpc) is 3.12. The molecule has 2 aromatic rings. The van der Waals surface area contributed by atoms with E-state index >= 15 is 0 Å². The minimum atomic E-state index is -3.87. The zero-order valence-electron chi connectivity index (χ0n) is 16.1. The molecule has 2 heterocycles. The molecule has 1 amide bonds. The highest BCUT2D eigenvalue weighted by Crippen LogP contribution is 2.43. The number of sulfonamides is 1. The van der Waals surface area contributed by atoms with Crippen LogP contribution in [0.4, 0.5) is 4.79 Å². The van der Waals surface area contributed by atoms with Crippen molar-refractivity contribution in [2.24, 2.45) is 0 Å². The zero-order chi connectivity index (χ0) is 20.3. The first-order valence-corrected chi connectivity index (χ1v) is 10.8. The van der Waals surface area contributed by atoms with Crippen LogP contribution in [0.2, 0.25) is 0 Å². The second-order valence-corrected chi connectivity index (χ2v) is 10.0. The number of piperazine rings is 1. The molecule has 3 unspecified atom stereocenters. The Morgan fingerprint density at radius 1 is 1.36 bits per heavy atom. The summed E-state index contributed by atoms with van der Waals surface area (Å²) in [7, 11) is -3.87. The number of aromatic nitrogens is 2. The molecular weight excluding hydrogens is 382 g/mol. The molecule has 9 nitrogen and oxygen atoms in total. The van der Waals surface area contributed by atoms with Crippen molar-refractivity contribution < 1.29 is 18.3 Å². The van der Waals surface area contributed by atoms with Crippen molar-refractivity contribution in [1.82, 2.24) is 25.1 Å². The van der Waals surface area contributed by atoms with E-state index in [2.05, 4.69) is 20.2 Å².